The first-order valence-electron chi connectivity index (χ1n) is 12.1. The van der Waals surface area contributed by atoms with Crippen molar-refractivity contribution in [1.82, 2.24) is 19.8 Å². The maximum atomic E-state index is 14.0. The number of aromatic nitrogens is 2. The van der Waals surface area contributed by atoms with E-state index in [1.165, 1.54) is 6.42 Å². The first-order chi connectivity index (χ1) is 16.3. The topological polar surface area (TPSA) is 67.2 Å². The monoisotopic (exact) mass is 478 g/mol. The molecule has 0 radical (unpaired) electrons. The molecular weight excluding hydrogens is 448 g/mol. The maximum Gasteiger partial charge on any atom is 0.291 e. The van der Waals surface area contributed by atoms with Crippen LogP contribution < -0.4 is 5.32 Å². The van der Waals surface area contributed by atoms with Crippen LogP contribution >= 0.6 is 11.6 Å². The van der Waals surface area contributed by atoms with Gasteiger partial charge in [0.1, 0.15) is 5.54 Å². The molecule has 6 nitrogen and oxygen atoms in total. The fourth-order valence-electron chi connectivity index (χ4n) is 5.51. The van der Waals surface area contributed by atoms with Crippen LogP contribution in [0.15, 0.2) is 48.5 Å². The normalized spacial score (nSPS) is 27.0. The molecule has 2 amide bonds. The third-order valence-electron chi connectivity index (χ3n) is 7.89. The Labute approximate surface area is 205 Å². The van der Waals surface area contributed by atoms with Gasteiger partial charge in [-0.2, -0.15) is 0 Å². The average molecular weight is 479 g/mol. The molecule has 0 unspecified atom stereocenters. The summed E-state index contributed by atoms with van der Waals surface area (Å²) in [4.78, 5) is 34.1. The van der Waals surface area contributed by atoms with Gasteiger partial charge in [0.25, 0.3) is 5.91 Å². The lowest BCUT2D eigenvalue weighted by atomic mass is 9.77. The summed E-state index contributed by atoms with van der Waals surface area (Å²) in [5.41, 5.74) is 1.43. The highest BCUT2D eigenvalue weighted by Gasteiger charge is 2.49. The summed E-state index contributed by atoms with van der Waals surface area (Å²) in [6.45, 7) is 6.97. The number of imidazole rings is 1. The highest BCUT2D eigenvalue weighted by atomic mass is 35.5. The van der Waals surface area contributed by atoms with Crippen LogP contribution in [0.25, 0.3) is 11.0 Å². The van der Waals surface area contributed by atoms with Crippen molar-refractivity contribution in [2.24, 2.45) is 11.8 Å². The van der Waals surface area contributed by atoms with Crippen molar-refractivity contribution in [3.05, 3.63) is 64.9 Å². The van der Waals surface area contributed by atoms with Crippen molar-refractivity contribution in [2.45, 2.75) is 64.7 Å². The van der Waals surface area contributed by atoms with E-state index < -0.39 is 5.54 Å². The highest BCUT2D eigenvalue weighted by molar-refractivity contribution is 6.30. The van der Waals surface area contributed by atoms with Crippen LogP contribution in [0.5, 0.6) is 0 Å². The number of nitrogens with zero attached hydrogens (tertiary/aromatic N) is 3. The first kappa shape index (κ1) is 22.9. The lowest BCUT2D eigenvalue weighted by Gasteiger charge is -2.45. The van der Waals surface area contributed by atoms with Crippen LogP contribution in [-0.2, 0) is 17.9 Å². The van der Waals surface area contributed by atoms with E-state index in [-0.39, 0.29) is 24.4 Å². The van der Waals surface area contributed by atoms with E-state index in [4.69, 9.17) is 11.6 Å². The van der Waals surface area contributed by atoms with E-state index in [2.05, 4.69) is 24.1 Å². The van der Waals surface area contributed by atoms with Crippen LogP contribution in [-0.4, -0.2) is 37.8 Å². The van der Waals surface area contributed by atoms with Gasteiger partial charge >= 0.3 is 0 Å². The van der Waals surface area contributed by atoms with Gasteiger partial charge in [0.15, 0.2) is 5.82 Å². The maximum absolute atomic E-state index is 14.0. The zero-order valence-corrected chi connectivity index (χ0v) is 20.7. The lowest BCUT2D eigenvalue weighted by Crippen LogP contribution is -2.65. The Morgan fingerprint density at radius 1 is 1.18 bits per heavy atom. The van der Waals surface area contributed by atoms with Gasteiger partial charge in [-0.25, -0.2) is 4.98 Å². The Balaban J connectivity index is 1.55. The summed E-state index contributed by atoms with van der Waals surface area (Å²) < 4.78 is 1.90. The Bertz CT molecular complexity index is 1250. The molecule has 1 aromatic heterocycles. The number of rotatable bonds is 4. The smallest absolute Gasteiger partial charge is 0.291 e. The molecule has 178 valence electrons. The Hall–Kier alpha value is -2.86. The number of nitrogens with one attached hydrogen (secondary N) is 1. The van der Waals surface area contributed by atoms with E-state index in [0.29, 0.717) is 29.2 Å². The average Bonchev–Trinajstić information content (AvgIpc) is 3.18. The number of carbonyl (C=O) groups is 2. The number of amides is 2. The molecule has 4 atom stereocenters. The summed E-state index contributed by atoms with van der Waals surface area (Å²) in [5, 5.41) is 3.94. The molecule has 1 N–H and O–H groups in total. The van der Waals surface area contributed by atoms with E-state index in [1.54, 1.807) is 11.0 Å². The summed E-state index contributed by atoms with van der Waals surface area (Å²) in [6.07, 6.45) is 3.26. The third kappa shape index (κ3) is 3.88. The van der Waals surface area contributed by atoms with Crippen molar-refractivity contribution in [2.75, 3.05) is 0 Å². The van der Waals surface area contributed by atoms with Crippen molar-refractivity contribution in [3.63, 3.8) is 0 Å². The van der Waals surface area contributed by atoms with Gasteiger partial charge in [0.05, 0.1) is 17.6 Å². The molecule has 7 heteroatoms. The Morgan fingerprint density at radius 3 is 2.76 bits per heavy atom. The zero-order valence-electron chi connectivity index (χ0n) is 19.9. The molecule has 0 saturated heterocycles. The molecule has 0 bridgehead atoms. The van der Waals surface area contributed by atoms with E-state index in [0.717, 1.165) is 29.4 Å². The van der Waals surface area contributed by atoms with Gasteiger partial charge in [-0.05, 0) is 55.0 Å². The molecule has 2 aliphatic rings. The highest BCUT2D eigenvalue weighted by Crippen LogP contribution is 2.34. The SMILES string of the molecule is C[C@H]1[C@H](C)CCC[C@@H]1NC(=O)[C@]1(C)Cn2c(nc3ccccc32)C(=O)N1Cc1cccc(Cl)c1. The van der Waals surface area contributed by atoms with Crippen molar-refractivity contribution < 1.29 is 9.59 Å². The lowest BCUT2D eigenvalue weighted by molar-refractivity contribution is -0.134. The molecule has 1 aliphatic carbocycles. The summed E-state index contributed by atoms with van der Waals surface area (Å²) >= 11 is 6.23. The second kappa shape index (κ2) is 8.73. The van der Waals surface area contributed by atoms with Gasteiger partial charge < -0.3 is 14.8 Å². The second-order valence-corrected chi connectivity index (χ2v) is 10.6. The van der Waals surface area contributed by atoms with Gasteiger partial charge in [-0.3, -0.25) is 9.59 Å². The molecule has 3 aromatic rings. The Kier molecular flexibility index (Phi) is 5.88. The van der Waals surface area contributed by atoms with Crippen molar-refractivity contribution in [1.29, 1.82) is 0 Å². The predicted molar refractivity (Wildman–Crippen MR) is 134 cm³/mol. The Morgan fingerprint density at radius 2 is 1.97 bits per heavy atom. The molecule has 0 spiro atoms. The molecule has 1 saturated carbocycles. The van der Waals surface area contributed by atoms with Gasteiger partial charge in [-0.1, -0.05) is 62.6 Å². The quantitative estimate of drug-likeness (QED) is 0.570. The first-order valence-corrected chi connectivity index (χ1v) is 12.5. The second-order valence-electron chi connectivity index (χ2n) is 10.2. The van der Waals surface area contributed by atoms with Crippen molar-refractivity contribution in [3.8, 4) is 0 Å². The molecule has 34 heavy (non-hydrogen) atoms. The molecule has 1 fully saturated rings. The van der Waals surface area contributed by atoms with Gasteiger partial charge in [-0.15, -0.1) is 0 Å². The van der Waals surface area contributed by atoms with Crippen LogP contribution in [0, 0.1) is 11.8 Å². The number of hydrogen-bond acceptors (Lipinski definition) is 3. The van der Waals surface area contributed by atoms with Gasteiger partial charge in [0, 0.05) is 17.6 Å². The number of benzene rings is 2. The fraction of sp³-hybridized carbons (Fsp3) is 0.444. The van der Waals surface area contributed by atoms with Crippen LogP contribution in [0.3, 0.4) is 0 Å². The van der Waals surface area contributed by atoms with Crippen LogP contribution in [0.2, 0.25) is 5.02 Å². The summed E-state index contributed by atoms with van der Waals surface area (Å²) in [5.74, 6) is 0.966. The number of para-hydroxylation sites is 2. The molecule has 2 heterocycles. The van der Waals surface area contributed by atoms with Crippen LogP contribution in [0.4, 0.5) is 0 Å². The number of hydrogen-bond donors (Lipinski definition) is 1. The largest absolute Gasteiger partial charge is 0.351 e. The number of carbonyl (C=O) groups excluding carboxylic acids is 2. The standard InChI is InChI=1S/C27H31ClN4O2/c1-17-8-6-12-21(18(17)2)30-26(34)27(3)16-31-23-13-5-4-11-22(23)29-24(31)25(33)32(27)15-19-9-7-10-20(28)14-19/h4-5,7,9-11,13-14,17-18,21H,6,8,12,15-16H2,1-3H3,(H,30,34)/t17-,18+,21+,27+/m1/s1. The van der Waals surface area contributed by atoms with E-state index >= 15 is 0 Å². The minimum atomic E-state index is -1.07. The molecule has 1 aliphatic heterocycles. The molecule has 5 rings (SSSR count). The summed E-state index contributed by atoms with van der Waals surface area (Å²) in [6, 6.07) is 15.2. The van der Waals surface area contributed by atoms with E-state index in [1.807, 2.05) is 54.0 Å². The molecular formula is C27H31ClN4O2. The van der Waals surface area contributed by atoms with Crippen LogP contribution in [0.1, 0.15) is 56.2 Å². The minimum Gasteiger partial charge on any atom is -0.351 e. The van der Waals surface area contributed by atoms with Gasteiger partial charge in [0.2, 0.25) is 5.91 Å². The van der Waals surface area contributed by atoms with Crippen molar-refractivity contribution >= 4 is 34.4 Å². The number of halogens is 1. The third-order valence-corrected chi connectivity index (χ3v) is 8.13. The zero-order chi connectivity index (χ0) is 24.0. The minimum absolute atomic E-state index is 0.108. The summed E-state index contributed by atoms with van der Waals surface area (Å²) in [7, 11) is 0. The van der Waals surface area contributed by atoms with E-state index in [9.17, 15) is 9.59 Å². The molecule has 2 aromatic carbocycles. The predicted octanol–water partition coefficient (Wildman–Crippen LogP) is 5.05. The number of fused-ring (bicyclic) bond motifs is 3. The fourth-order valence-corrected chi connectivity index (χ4v) is 5.72.